The number of carbonyl (C=O) groups is 2. The molecule has 0 saturated carbocycles. The van der Waals surface area contributed by atoms with E-state index in [-0.39, 0.29) is 23.1 Å². The number of aromatic carboxylic acids is 1. The molecule has 1 aromatic heterocycles. The number of amides is 1. The van der Waals surface area contributed by atoms with Gasteiger partial charge >= 0.3 is 12.1 Å². The van der Waals surface area contributed by atoms with Gasteiger partial charge in [0, 0.05) is 19.1 Å². The number of carboxylic acids is 1. The van der Waals surface area contributed by atoms with E-state index >= 15 is 0 Å². The number of hydrogen-bond acceptors (Lipinski definition) is 7. The third-order valence-electron chi connectivity index (χ3n) is 3.29. The number of anilines is 1. The second-order valence-corrected chi connectivity index (χ2v) is 6.78. The minimum atomic E-state index is -1.26. The van der Waals surface area contributed by atoms with Gasteiger partial charge in [0.25, 0.3) is 0 Å². The zero-order valence-electron chi connectivity index (χ0n) is 13.7. The van der Waals surface area contributed by atoms with E-state index in [4.69, 9.17) is 21.4 Å². The molecule has 1 saturated heterocycles. The van der Waals surface area contributed by atoms with E-state index in [1.807, 2.05) is 4.90 Å². The number of alkyl carbamates (subject to hydrolysis) is 1. The third-order valence-corrected chi connectivity index (χ3v) is 3.46. The molecule has 0 unspecified atom stereocenters. The maximum Gasteiger partial charge on any atom is 0.407 e. The molecule has 1 aromatic rings. The Balaban J connectivity index is 1.93. The molecule has 132 valence electrons. The molecule has 0 aromatic carbocycles. The molecule has 0 atom stereocenters. The Morgan fingerprint density at radius 2 is 1.88 bits per heavy atom. The van der Waals surface area contributed by atoms with Crippen molar-refractivity contribution in [3.8, 4) is 0 Å². The number of ether oxygens (including phenoxy) is 1. The van der Waals surface area contributed by atoms with Gasteiger partial charge in [0.2, 0.25) is 17.1 Å². The molecular formula is C14H20ClN5O4. The number of aromatic nitrogens is 3. The number of rotatable bonds is 3. The number of nitrogens with one attached hydrogen (secondary N) is 1. The number of halogens is 1. The Hall–Kier alpha value is -2.16. The summed E-state index contributed by atoms with van der Waals surface area (Å²) in [7, 11) is 0. The number of nitrogens with zero attached hydrogens (tertiary/aromatic N) is 4. The van der Waals surface area contributed by atoms with Crippen molar-refractivity contribution in [1.82, 2.24) is 20.3 Å². The molecule has 9 nitrogen and oxygen atoms in total. The molecule has 0 aliphatic carbocycles. The van der Waals surface area contributed by atoms with Crippen molar-refractivity contribution in [1.29, 1.82) is 0 Å². The molecule has 24 heavy (non-hydrogen) atoms. The van der Waals surface area contributed by atoms with Crippen molar-refractivity contribution in [3.63, 3.8) is 0 Å². The predicted molar refractivity (Wildman–Crippen MR) is 86.4 cm³/mol. The topological polar surface area (TPSA) is 118 Å². The van der Waals surface area contributed by atoms with Crippen LogP contribution in [0.2, 0.25) is 5.28 Å². The number of carbonyl (C=O) groups excluding carboxylic acids is 1. The lowest BCUT2D eigenvalue weighted by atomic mass is 10.1. The largest absolute Gasteiger partial charge is 0.475 e. The molecule has 1 aliphatic rings. The second-order valence-electron chi connectivity index (χ2n) is 6.44. The van der Waals surface area contributed by atoms with Gasteiger partial charge in [-0.3, -0.25) is 0 Å². The first kappa shape index (κ1) is 18.2. The molecule has 2 rings (SSSR count). The van der Waals surface area contributed by atoms with Crippen LogP contribution in [-0.4, -0.2) is 56.9 Å². The van der Waals surface area contributed by atoms with Gasteiger partial charge < -0.3 is 20.1 Å². The van der Waals surface area contributed by atoms with Crippen molar-refractivity contribution in [3.05, 3.63) is 11.1 Å². The maximum absolute atomic E-state index is 11.8. The summed E-state index contributed by atoms with van der Waals surface area (Å²) in [5.74, 6) is -1.43. The Morgan fingerprint density at radius 3 is 2.42 bits per heavy atom. The number of carboxylic acid groups (broad SMARTS) is 1. The quantitative estimate of drug-likeness (QED) is 0.839. The van der Waals surface area contributed by atoms with E-state index in [1.165, 1.54) is 0 Å². The molecule has 0 radical (unpaired) electrons. The molecule has 1 aliphatic heterocycles. The number of hydrogen-bond donors (Lipinski definition) is 2. The van der Waals surface area contributed by atoms with Crippen LogP contribution in [0.15, 0.2) is 0 Å². The standard InChI is InChI=1S/C14H20ClN5O4/c1-14(2,3)24-13(23)16-8-4-6-20(7-5-8)12-18-9(10(21)22)17-11(15)19-12/h8H,4-7H2,1-3H3,(H,16,23)(H,21,22). The fraction of sp³-hybridized carbons (Fsp3) is 0.643. The lowest BCUT2D eigenvalue weighted by Crippen LogP contribution is -2.46. The lowest BCUT2D eigenvalue weighted by Gasteiger charge is -2.32. The summed E-state index contributed by atoms with van der Waals surface area (Å²) < 4.78 is 5.23. The van der Waals surface area contributed by atoms with Crippen LogP contribution in [0.1, 0.15) is 44.2 Å². The fourth-order valence-electron chi connectivity index (χ4n) is 2.27. The van der Waals surface area contributed by atoms with E-state index in [1.54, 1.807) is 20.8 Å². The van der Waals surface area contributed by atoms with Crippen molar-refractivity contribution >= 4 is 29.6 Å². The van der Waals surface area contributed by atoms with E-state index < -0.39 is 17.7 Å². The molecule has 10 heteroatoms. The molecular weight excluding hydrogens is 338 g/mol. The van der Waals surface area contributed by atoms with Gasteiger partial charge in [-0.15, -0.1) is 0 Å². The zero-order chi connectivity index (χ0) is 17.9. The first-order valence-corrected chi connectivity index (χ1v) is 7.91. The van der Waals surface area contributed by atoms with E-state index in [0.29, 0.717) is 25.9 Å². The van der Waals surface area contributed by atoms with Crippen LogP contribution in [0.4, 0.5) is 10.7 Å². The highest BCUT2D eigenvalue weighted by molar-refractivity contribution is 6.28. The van der Waals surface area contributed by atoms with Crippen LogP contribution in [-0.2, 0) is 4.74 Å². The molecule has 2 N–H and O–H groups in total. The average Bonchev–Trinajstić information content (AvgIpc) is 2.45. The first-order valence-electron chi connectivity index (χ1n) is 7.53. The summed E-state index contributed by atoms with van der Waals surface area (Å²) in [5.41, 5.74) is -0.542. The van der Waals surface area contributed by atoms with Gasteiger partial charge in [0.15, 0.2) is 0 Å². The molecule has 1 fully saturated rings. The normalized spacial score (nSPS) is 15.9. The van der Waals surface area contributed by atoms with Crippen molar-refractivity contribution in [2.45, 2.75) is 45.3 Å². The Bertz CT molecular complexity index is 626. The Kier molecular flexibility index (Phi) is 5.43. The molecule has 0 spiro atoms. The van der Waals surface area contributed by atoms with Crippen molar-refractivity contribution < 1.29 is 19.4 Å². The van der Waals surface area contributed by atoms with Crippen molar-refractivity contribution in [2.75, 3.05) is 18.0 Å². The van der Waals surface area contributed by atoms with Gasteiger partial charge in [0.1, 0.15) is 5.60 Å². The molecule has 1 amide bonds. The van der Waals surface area contributed by atoms with E-state index in [0.717, 1.165) is 0 Å². The van der Waals surface area contributed by atoms with Crippen LogP contribution >= 0.6 is 11.6 Å². The average molecular weight is 358 g/mol. The second kappa shape index (κ2) is 7.16. The molecule has 2 heterocycles. The maximum atomic E-state index is 11.8. The van der Waals surface area contributed by atoms with Gasteiger partial charge in [0.05, 0.1) is 0 Å². The smallest absolute Gasteiger partial charge is 0.407 e. The predicted octanol–water partition coefficient (Wildman–Crippen LogP) is 1.72. The highest BCUT2D eigenvalue weighted by atomic mass is 35.5. The minimum absolute atomic E-state index is 0.0210. The van der Waals surface area contributed by atoms with E-state index in [9.17, 15) is 9.59 Å². The van der Waals surface area contributed by atoms with E-state index in [2.05, 4.69) is 20.3 Å². The van der Waals surface area contributed by atoms with Crippen molar-refractivity contribution in [2.24, 2.45) is 0 Å². The fourth-order valence-corrected chi connectivity index (χ4v) is 2.43. The summed E-state index contributed by atoms with van der Waals surface area (Å²) >= 11 is 5.75. The van der Waals surface area contributed by atoms with Crippen LogP contribution in [0.3, 0.4) is 0 Å². The monoisotopic (exact) mass is 357 g/mol. The van der Waals surface area contributed by atoms with Gasteiger partial charge in [-0.2, -0.15) is 15.0 Å². The summed E-state index contributed by atoms with van der Waals surface area (Å²) in [6.07, 6.45) is 0.868. The Morgan fingerprint density at radius 1 is 1.25 bits per heavy atom. The van der Waals surface area contributed by atoms with Gasteiger partial charge in [-0.05, 0) is 45.2 Å². The highest BCUT2D eigenvalue weighted by Gasteiger charge is 2.25. The highest BCUT2D eigenvalue weighted by Crippen LogP contribution is 2.18. The van der Waals surface area contributed by atoms with Crippen LogP contribution in [0.5, 0.6) is 0 Å². The zero-order valence-corrected chi connectivity index (χ0v) is 14.5. The summed E-state index contributed by atoms with van der Waals surface area (Å²) in [4.78, 5) is 36.0. The SMILES string of the molecule is CC(C)(C)OC(=O)NC1CCN(c2nc(Cl)nc(C(=O)O)n2)CC1. The van der Waals surface area contributed by atoms with Crippen LogP contribution < -0.4 is 10.2 Å². The Labute approximate surface area is 144 Å². The van der Waals surface area contributed by atoms with Gasteiger partial charge in [-0.25, -0.2) is 9.59 Å². The van der Waals surface area contributed by atoms with Crippen LogP contribution in [0, 0.1) is 0 Å². The van der Waals surface area contributed by atoms with Gasteiger partial charge in [-0.1, -0.05) is 0 Å². The molecule has 0 bridgehead atoms. The lowest BCUT2D eigenvalue weighted by molar-refractivity contribution is 0.0496. The summed E-state index contributed by atoms with van der Waals surface area (Å²) in [6, 6.07) is -0.0210. The number of piperidine rings is 1. The summed E-state index contributed by atoms with van der Waals surface area (Å²) in [6.45, 7) is 6.53. The van der Waals surface area contributed by atoms with Crippen LogP contribution in [0.25, 0.3) is 0 Å². The first-order chi connectivity index (χ1) is 11.1. The summed E-state index contributed by atoms with van der Waals surface area (Å²) in [5, 5.41) is 11.6. The minimum Gasteiger partial charge on any atom is -0.475 e. The third kappa shape index (κ3) is 5.19.